The molecule has 0 atom stereocenters. The van der Waals surface area contributed by atoms with Crippen molar-refractivity contribution < 1.29 is 9.59 Å². The Kier molecular flexibility index (Phi) is 14.3. The minimum Gasteiger partial charge on any atom is -0.357 e. The summed E-state index contributed by atoms with van der Waals surface area (Å²) in [5.41, 5.74) is 0. The maximum absolute atomic E-state index is 12.5. The summed E-state index contributed by atoms with van der Waals surface area (Å²) in [6, 6.07) is 0.318. The summed E-state index contributed by atoms with van der Waals surface area (Å²) in [4.78, 5) is 30.7. The molecule has 1 aliphatic heterocycles. The number of likely N-dealkylation sites (tertiary alicyclic amines) is 1. The fraction of sp³-hybridized carbons (Fsp3) is 0.850. The van der Waals surface area contributed by atoms with E-state index in [1.54, 1.807) is 0 Å². The minimum atomic E-state index is -0.00625. The van der Waals surface area contributed by atoms with E-state index < -0.39 is 0 Å². The molecule has 0 unspecified atom stereocenters. The molecule has 0 aromatic carbocycles. The lowest BCUT2D eigenvalue weighted by Gasteiger charge is -2.34. The van der Waals surface area contributed by atoms with Gasteiger partial charge in [0.25, 0.3) is 0 Å². The number of nitrogens with zero attached hydrogens (tertiary/aromatic N) is 2. The van der Waals surface area contributed by atoms with Crippen LogP contribution in [0.1, 0.15) is 60.3 Å². The van der Waals surface area contributed by atoms with E-state index in [-0.39, 0.29) is 41.7 Å². The van der Waals surface area contributed by atoms with Crippen molar-refractivity contribution in [1.29, 1.82) is 0 Å². The van der Waals surface area contributed by atoms with E-state index in [1.165, 1.54) is 0 Å². The van der Waals surface area contributed by atoms with E-state index in [0.29, 0.717) is 25.0 Å². The van der Waals surface area contributed by atoms with Gasteiger partial charge in [0, 0.05) is 44.1 Å². The Hall–Kier alpha value is -1.06. The lowest BCUT2D eigenvalue weighted by molar-refractivity contribution is -0.136. The molecule has 1 rings (SSSR count). The van der Waals surface area contributed by atoms with Crippen LogP contribution >= 0.6 is 24.0 Å². The average Bonchev–Trinajstić information content (AvgIpc) is 2.66. The molecule has 7 nitrogen and oxygen atoms in total. The molecule has 0 radical (unpaired) electrons. The summed E-state index contributed by atoms with van der Waals surface area (Å²) in [6.07, 6.45) is 3.69. The van der Waals surface area contributed by atoms with Gasteiger partial charge in [0.05, 0.1) is 6.54 Å². The first-order valence-corrected chi connectivity index (χ1v) is 10.5. The number of rotatable bonds is 9. The number of amides is 2. The molecule has 1 saturated heterocycles. The highest BCUT2D eigenvalue weighted by atomic mass is 127. The highest BCUT2D eigenvalue weighted by Gasteiger charge is 2.26. The predicted octanol–water partition coefficient (Wildman–Crippen LogP) is 2.36. The molecule has 1 heterocycles. The van der Waals surface area contributed by atoms with Crippen molar-refractivity contribution in [1.82, 2.24) is 20.9 Å². The van der Waals surface area contributed by atoms with Gasteiger partial charge in [-0.05, 0) is 32.6 Å². The van der Waals surface area contributed by atoms with E-state index in [2.05, 4.69) is 34.8 Å². The molecule has 0 aromatic rings. The molecule has 0 saturated carbocycles. The summed E-state index contributed by atoms with van der Waals surface area (Å²) >= 11 is 0. The van der Waals surface area contributed by atoms with Gasteiger partial charge in [-0.15, -0.1) is 24.0 Å². The Labute approximate surface area is 187 Å². The standard InChI is InChI=1S/C20H39N5O2.HI/c1-6-16(7-2)19(27)25-13-9-17(10-14-25)24-20(21-8-3)23-12-11-22-18(26)15(4)5;/h15-17H,6-14H2,1-5H3,(H,22,26)(H2,21,23,24);1H. The quantitative estimate of drug-likeness (QED) is 0.193. The molecule has 0 bridgehead atoms. The van der Waals surface area contributed by atoms with Gasteiger partial charge in [-0.2, -0.15) is 0 Å². The molecule has 2 amide bonds. The average molecular weight is 509 g/mol. The first-order valence-electron chi connectivity index (χ1n) is 10.5. The normalized spacial score (nSPS) is 15.4. The smallest absolute Gasteiger partial charge is 0.225 e. The van der Waals surface area contributed by atoms with Crippen molar-refractivity contribution in [2.45, 2.75) is 66.3 Å². The molecular weight excluding hydrogens is 469 g/mol. The van der Waals surface area contributed by atoms with Crippen LogP contribution in [-0.4, -0.2) is 61.4 Å². The second-order valence-electron chi connectivity index (χ2n) is 7.46. The van der Waals surface area contributed by atoms with Crippen molar-refractivity contribution in [2.75, 3.05) is 32.7 Å². The minimum absolute atomic E-state index is 0. The lowest BCUT2D eigenvalue weighted by atomic mass is 9.98. The number of guanidine groups is 1. The van der Waals surface area contributed by atoms with Gasteiger partial charge in [-0.3, -0.25) is 14.6 Å². The third-order valence-corrected chi connectivity index (χ3v) is 5.03. The van der Waals surface area contributed by atoms with Crippen LogP contribution in [0.25, 0.3) is 0 Å². The predicted molar refractivity (Wildman–Crippen MR) is 126 cm³/mol. The molecule has 0 spiro atoms. The van der Waals surface area contributed by atoms with Crippen molar-refractivity contribution >= 4 is 41.8 Å². The number of nitrogens with one attached hydrogen (secondary N) is 3. The molecule has 1 fully saturated rings. The highest BCUT2D eigenvalue weighted by Crippen LogP contribution is 2.17. The van der Waals surface area contributed by atoms with Crippen LogP contribution in [0.5, 0.6) is 0 Å². The van der Waals surface area contributed by atoms with Crippen molar-refractivity contribution in [3.05, 3.63) is 0 Å². The van der Waals surface area contributed by atoms with E-state index in [0.717, 1.165) is 51.3 Å². The van der Waals surface area contributed by atoms with E-state index in [9.17, 15) is 9.59 Å². The Morgan fingerprint density at radius 1 is 1.07 bits per heavy atom. The number of halogens is 1. The molecule has 0 aliphatic carbocycles. The number of hydrogen-bond donors (Lipinski definition) is 3. The van der Waals surface area contributed by atoms with E-state index >= 15 is 0 Å². The van der Waals surface area contributed by atoms with Crippen LogP contribution in [-0.2, 0) is 9.59 Å². The van der Waals surface area contributed by atoms with Gasteiger partial charge < -0.3 is 20.9 Å². The van der Waals surface area contributed by atoms with Gasteiger partial charge in [-0.25, -0.2) is 0 Å². The fourth-order valence-corrected chi connectivity index (χ4v) is 3.20. The van der Waals surface area contributed by atoms with Gasteiger partial charge >= 0.3 is 0 Å². The number of carbonyl (C=O) groups is 2. The van der Waals surface area contributed by atoms with Crippen molar-refractivity contribution in [2.24, 2.45) is 16.8 Å². The molecule has 3 N–H and O–H groups in total. The van der Waals surface area contributed by atoms with Crippen LogP contribution in [0, 0.1) is 11.8 Å². The third-order valence-electron chi connectivity index (χ3n) is 5.03. The van der Waals surface area contributed by atoms with E-state index in [1.807, 2.05) is 25.7 Å². The second kappa shape index (κ2) is 14.9. The van der Waals surface area contributed by atoms with E-state index in [4.69, 9.17) is 0 Å². The zero-order valence-electron chi connectivity index (χ0n) is 18.2. The Morgan fingerprint density at radius 3 is 2.18 bits per heavy atom. The fourth-order valence-electron chi connectivity index (χ4n) is 3.20. The van der Waals surface area contributed by atoms with Crippen LogP contribution in [0.2, 0.25) is 0 Å². The SMILES string of the molecule is CCNC(=NCCNC(=O)C(C)C)NC1CCN(C(=O)C(CC)CC)CC1.I. The van der Waals surface area contributed by atoms with Crippen LogP contribution in [0.3, 0.4) is 0 Å². The maximum Gasteiger partial charge on any atom is 0.225 e. The number of carbonyl (C=O) groups excluding carboxylic acids is 2. The number of piperidine rings is 1. The first-order chi connectivity index (χ1) is 12.9. The zero-order valence-corrected chi connectivity index (χ0v) is 20.5. The topological polar surface area (TPSA) is 85.8 Å². The molecule has 8 heteroatoms. The molecule has 1 aliphatic rings. The van der Waals surface area contributed by atoms with Crippen molar-refractivity contribution in [3.63, 3.8) is 0 Å². The van der Waals surface area contributed by atoms with Crippen LogP contribution < -0.4 is 16.0 Å². The molecular formula is C20H40IN5O2. The summed E-state index contributed by atoms with van der Waals surface area (Å²) in [7, 11) is 0. The Balaban J connectivity index is 0.00000729. The summed E-state index contributed by atoms with van der Waals surface area (Å²) in [5.74, 6) is 1.29. The first kappa shape index (κ1) is 26.9. The zero-order chi connectivity index (χ0) is 20.2. The van der Waals surface area contributed by atoms with Gasteiger partial charge in [0.1, 0.15) is 0 Å². The Bertz CT molecular complexity index is 487. The molecule has 28 heavy (non-hydrogen) atoms. The van der Waals surface area contributed by atoms with Gasteiger partial charge in [0.15, 0.2) is 5.96 Å². The van der Waals surface area contributed by atoms with Crippen LogP contribution in [0.4, 0.5) is 0 Å². The summed E-state index contributed by atoms with van der Waals surface area (Å²) in [5, 5.41) is 9.61. The number of aliphatic imine (C=N–C) groups is 1. The molecule has 0 aromatic heterocycles. The van der Waals surface area contributed by atoms with Gasteiger partial charge in [0.2, 0.25) is 11.8 Å². The Morgan fingerprint density at radius 2 is 1.68 bits per heavy atom. The largest absolute Gasteiger partial charge is 0.357 e. The lowest BCUT2D eigenvalue weighted by Crippen LogP contribution is -2.50. The van der Waals surface area contributed by atoms with Crippen LogP contribution in [0.15, 0.2) is 4.99 Å². The van der Waals surface area contributed by atoms with Crippen molar-refractivity contribution in [3.8, 4) is 0 Å². The maximum atomic E-state index is 12.5. The number of hydrogen-bond acceptors (Lipinski definition) is 3. The summed E-state index contributed by atoms with van der Waals surface area (Å²) in [6.45, 7) is 13.4. The molecule has 164 valence electrons. The summed E-state index contributed by atoms with van der Waals surface area (Å²) < 4.78 is 0. The highest BCUT2D eigenvalue weighted by molar-refractivity contribution is 14.0. The monoisotopic (exact) mass is 509 g/mol. The van der Waals surface area contributed by atoms with Gasteiger partial charge in [-0.1, -0.05) is 27.7 Å². The second-order valence-corrected chi connectivity index (χ2v) is 7.46. The third kappa shape index (κ3) is 9.43.